The minimum absolute atomic E-state index is 0.00543. The fourth-order valence-corrected chi connectivity index (χ4v) is 5.48. The molecule has 2 aromatic rings. The van der Waals surface area contributed by atoms with Gasteiger partial charge in [-0.3, -0.25) is 14.4 Å². The Morgan fingerprint density at radius 1 is 1.12 bits per heavy atom. The van der Waals surface area contributed by atoms with Gasteiger partial charge in [0.05, 0.1) is 18.5 Å². The van der Waals surface area contributed by atoms with Gasteiger partial charge in [-0.15, -0.1) is 0 Å². The topological polar surface area (TPSA) is 156 Å². The minimum Gasteiger partial charge on any atom is -0.391 e. The van der Waals surface area contributed by atoms with Crippen LogP contribution in [0.1, 0.15) is 83.4 Å². The minimum atomic E-state index is -1.88. The predicted molar refractivity (Wildman–Crippen MR) is 166 cm³/mol. The van der Waals surface area contributed by atoms with Crippen LogP contribution in [0.15, 0.2) is 55.0 Å². The van der Waals surface area contributed by atoms with Crippen molar-refractivity contribution in [3.8, 4) is 0 Å². The van der Waals surface area contributed by atoms with Gasteiger partial charge in [0.1, 0.15) is 6.04 Å². The van der Waals surface area contributed by atoms with E-state index in [2.05, 4.69) is 46.3 Å². The summed E-state index contributed by atoms with van der Waals surface area (Å²) in [5, 5.41) is 31.0. The number of aliphatic hydroxyl groups is 2. The molecule has 1 saturated carbocycles. The number of nitrogens with zero attached hydrogens (tertiary/aromatic N) is 1. The zero-order chi connectivity index (χ0) is 31.4. The first kappa shape index (κ1) is 34.0. The molecule has 4 atom stereocenters. The highest BCUT2D eigenvalue weighted by Crippen LogP contribution is 2.29. The molecular weight excluding hydrogens is 546 g/mol. The van der Waals surface area contributed by atoms with Gasteiger partial charge in [0.25, 0.3) is 5.91 Å². The van der Waals surface area contributed by atoms with Gasteiger partial charge in [0.2, 0.25) is 11.8 Å². The van der Waals surface area contributed by atoms with Crippen LogP contribution >= 0.6 is 0 Å². The standard InChI is InChI=1S/C33H49N5O5/c1-22(2)15-16-35-30(40)23(3)17-29(39)27(18-24-11-7-5-8-12-24)37-31(41)28(19-26-20-34-21-36-26)38-32(42)33(4,43)25-13-9-6-10-14-25/h6,9-10,13-14,20-22,24,27-29,39,43H,3,5,7-8,11-12,15-19H2,1-2,4H3,(H,34,36)(H,35,40)(H,37,41)(H,38,42)/t27-,28?,29-,33?/m0/s1. The van der Waals surface area contributed by atoms with Gasteiger partial charge < -0.3 is 31.1 Å². The molecule has 0 spiro atoms. The van der Waals surface area contributed by atoms with Gasteiger partial charge in [-0.05, 0) is 37.2 Å². The lowest BCUT2D eigenvalue weighted by Crippen LogP contribution is -2.56. The molecule has 2 unspecified atom stereocenters. The molecule has 6 N–H and O–H groups in total. The third-order valence-electron chi connectivity index (χ3n) is 8.27. The normalized spacial score (nSPS) is 17.3. The number of hydrogen-bond acceptors (Lipinski definition) is 6. The summed E-state index contributed by atoms with van der Waals surface area (Å²) >= 11 is 0. The lowest BCUT2D eigenvalue weighted by Gasteiger charge is -2.32. The van der Waals surface area contributed by atoms with Crippen molar-refractivity contribution in [2.75, 3.05) is 6.54 Å². The van der Waals surface area contributed by atoms with Crippen molar-refractivity contribution < 1.29 is 24.6 Å². The summed E-state index contributed by atoms with van der Waals surface area (Å²) < 4.78 is 0. The Labute approximate surface area is 255 Å². The first-order chi connectivity index (χ1) is 20.5. The molecule has 1 aromatic heterocycles. The molecule has 10 nitrogen and oxygen atoms in total. The molecule has 10 heteroatoms. The quantitative estimate of drug-likeness (QED) is 0.164. The summed E-state index contributed by atoms with van der Waals surface area (Å²) in [4.78, 5) is 46.7. The van der Waals surface area contributed by atoms with Crippen LogP contribution in [0.3, 0.4) is 0 Å². The third-order valence-corrected chi connectivity index (χ3v) is 8.27. The highest BCUT2D eigenvalue weighted by Gasteiger charge is 2.36. The van der Waals surface area contributed by atoms with E-state index in [-0.39, 0.29) is 24.3 Å². The Balaban J connectivity index is 1.76. The third kappa shape index (κ3) is 10.6. The van der Waals surface area contributed by atoms with Crippen LogP contribution in [0.25, 0.3) is 0 Å². The zero-order valence-electron chi connectivity index (χ0n) is 25.8. The highest BCUT2D eigenvalue weighted by molar-refractivity contribution is 5.93. The van der Waals surface area contributed by atoms with E-state index in [9.17, 15) is 24.6 Å². The molecule has 236 valence electrons. The molecule has 0 saturated heterocycles. The number of aromatic nitrogens is 2. The van der Waals surface area contributed by atoms with E-state index in [0.29, 0.717) is 36.1 Å². The monoisotopic (exact) mass is 595 g/mol. The summed E-state index contributed by atoms with van der Waals surface area (Å²) in [5.41, 5.74) is -0.616. The number of benzene rings is 1. The van der Waals surface area contributed by atoms with Crippen molar-refractivity contribution in [2.24, 2.45) is 11.8 Å². The van der Waals surface area contributed by atoms with Crippen molar-refractivity contribution in [1.82, 2.24) is 25.9 Å². The summed E-state index contributed by atoms with van der Waals surface area (Å²) in [5.74, 6) is -0.773. The SMILES string of the molecule is C=C(C[C@H](O)[C@H](CC1CCCCC1)NC(=O)C(Cc1cnc[nH]1)NC(=O)C(C)(O)c1ccccc1)C(=O)NCCC(C)C. The van der Waals surface area contributed by atoms with E-state index in [1.165, 1.54) is 19.7 Å². The van der Waals surface area contributed by atoms with Crippen LogP contribution in [-0.4, -0.2) is 62.6 Å². The maximum atomic E-state index is 13.8. The number of carbonyl (C=O) groups is 3. The van der Waals surface area contributed by atoms with Gasteiger partial charge in [-0.1, -0.05) is 82.9 Å². The summed E-state index contributed by atoms with van der Waals surface area (Å²) in [7, 11) is 0. The van der Waals surface area contributed by atoms with E-state index >= 15 is 0 Å². The zero-order valence-corrected chi connectivity index (χ0v) is 25.8. The van der Waals surface area contributed by atoms with Crippen LogP contribution in [0.5, 0.6) is 0 Å². The molecule has 3 amide bonds. The Kier molecular flexibility index (Phi) is 12.9. The van der Waals surface area contributed by atoms with Gasteiger partial charge in [-0.2, -0.15) is 0 Å². The van der Waals surface area contributed by atoms with E-state index in [4.69, 9.17) is 0 Å². The van der Waals surface area contributed by atoms with E-state index in [1.807, 2.05) is 0 Å². The molecule has 1 fully saturated rings. The largest absolute Gasteiger partial charge is 0.391 e. The Hall–Kier alpha value is -3.50. The number of nitrogens with one attached hydrogen (secondary N) is 4. The van der Waals surface area contributed by atoms with Gasteiger partial charge in [0, 0.05) is 36.9 Å². The summed E-state index contributed by atoms with van der Waals surface area (Å²) in [6.07, 6.45) is 8.85. The Bertz CT molecular complexity index is 1180. The van der Waals surface area contributed by atoms with Crippen LogP contribution in [0, 0.1) is 11.8 Å². The average molecular weight is 596 g/mol. The smallest absolute Gasteiger partial charge is 0.256 e. The van der Waals surface area contributed by atoms with Crippen molar-refractivity contribution in [3.05, 3.63) is 66.3 Å². The van der Waals surface area contributed by atoms with Crippen LogP contribution < -0.4 is 16.0 Å². The molecule has 1 aliphatic rings. The lowest BCUT2D eigenvalue weighted by atomic mass is 9.83. The van der Waals surface area contributed by atoms with E-state index in [1.54, 1.807) is 36.5 Å². The summed E-state index contributed by atoms with van der Waals surface area (Å²) in [6, 6.07) is 6.80. The van der Waals surface area contributed by atoms with Gasteiger partial charge in [-0.25, -0.2) is 4.98 Å². The lowest BCUT2D eigenvalue weighted by molar-refractivity contribution is -0.142. The fourth-order valence-electron chi connectivity index (χ4n) is 5.48. The number of aliphatic hydroxyl groups excluding tert-OH is 1. The number of carbonyl (C=O) groups excluding carboxylic acids is 3. The molecule has 0 radical (unpaired) electrons. The average Bonchev–Trinajstić information content (AvgIpc) is 3.50. The maximum absolute atomic E-state index is 13.8. The molecular formula is C33H49N5O5. The summed E-state index contributed by atoms with van der Waals surface area (Å²) in [6.45, 7) is 9.96. The van der Waals surface area contributed by atoms with E-state index in [0.717, 1.165) is 32.1 Å². The molecule has 1 aliphatic carbocycles. The van der Waals surface area contributed by atoms with E-state index < -0.39 is 35.6 Å². The van der Waals surface area contributed by atoms with Gasteiger partial charge in [0.15, 0.2) is 5.60 Å². The highest BCUT2D eigenvalue weighted by atomic mass is 16.3. The van der Waals surface area contributed by atoms with Crippen LogP contribution in [0.2, 0.25) is 0 Å². The first-order valence-electron chi connectivity index (χ1n) is 15.5. The molecule has 0 bridgehead atoms. The number of rotatable bonds is 16. The number of hydrogen-bond donors (Lipinski definition) is 6. The molecule has 3 rings (SSSR count). The van der Waals surface area contributed by atoms with Crippen molar-refractivity contribution >= 4 is 17.7 Å². The molecule has 43 heavy (non-hydrogen) atoms. The number of imidazole rings is 1. The molecule has 1 aromatic carbocycles. The molecule has 1 heterocycles. The van der Waals surface area contributed by atoms with Crippen molar-refractivity contribution in [1.29, 1.82) is 0 Å². The predicted octanol–water partition coefficient (Wildman–Crippen LogP) is 3.27. The first-order valence-corrected chi connectivity index (χ1v) is 15.5. The molecule has 0 aliphatic heterocycles. The Morgan fingerprint density at radius 3 is 2.44 bits per heavy atom. The second-order valence-electron chi connectivity index (χ2n) is 12.4. The van der Waals surface area contributed by atoms with Crippen molar-refractivity contribution in [2.45, 2.75) is 102 Å². The number of aromatic amines is 1. The maximum Gasteiger partial charge on any atom is 0.256 e. The van der Waals surface area contributed by atoms with Crippen molar-refractivity contribution in [3.63, 3.8) is 0 Å². The second-order valence-corrected chi connectivity index (χ2v) is 12.4. The number of amides is 3. The Morgan fingerprint density at radius 2 is 1.81 bits per heavy atom. The van der Waals surface area contributed by atoms with Gasteiger partial charge >= 0.3 is 0 Å². The van der Waals surface area contributed by atoms with Crippen LogP contribution in [0.4, 0.5) is 0 Å². The second kappa shape index (κ2) is 16.4. The number of H-pyrrole nitrogens is 1. The van der Waals surface area contributed by atoms with Crippen LogP contribution in [-0.2, 0) is 26.4 Å². The fraction of sp³-hybridized carbons (Fsp3) is 0.576.